The van der Waals surface area contributed by atoms with E-state index in [0.29, 0.717) is 0 Å². The van der Waals surface area contributed by atoms with E-state index < -0.39 is 31.6 Å². The molecule has 0 bridgehead atoms. The molecule has 1 heterocycles. The molecule has 3 N–H and O–H groups in total. The molecule has 0 spiro atoms. The topological polar surface area (TPSA) is 141 Å². The van der Waals surface area contributed by atoms with Crippen molar-refractivity contribution in [2.45, 2.75) is 32.1 Å². The van der Waals surface area contributed by atoms with Gasteiger partial charge in [-0.05, 0) is 26.3 Å². The van der Waals surface area contributed by atoms with Crippen molar-refractivity contribution < 1.29 is 21.6 Å². The van der Waals surface area contributed by atoms with Crippen molar-refractivity contribution in [2.24, 2.45) is 5.14 Å². The monoisotopic (exact) mass is 338 g/mol. The van der Waals surface area contributed by atoms with E-state index in [2.05, 4.69) is 9.97 Å². The third-order valence-electron chi connectivity index (χ3n) is 2.55. The van der Waals surface area contributed by atoms with Gasteiger partial charge >= 0.3 is 0 Å². The number of nitrogens with two attached hydrogens (primary N) is 1. The molecule has 0 amide bonds. The molecule has 0 fully saturated rings. The van der Waals surface area contributed by atoms with Crippen LogP contribution in [0.4, 0.5) is 0 Å². The van der Waals surface area contributed by atoms with Gasteiger partial charge < -0.3 is 4.74 Å². The summed E-state index contributed by atoms with van der Waals surface area (Å²) >= 11 is 0. The lowest BCUT2D eigenvalue weighted by molar-refractivity contribution is 0.0555. The van der Waals surface area contributed by atoms with Gasteiger partial charge in [-0.3, -0.25) is 0 Å². The molecule has 1 rings (SSSR count). The zero-order valence-electron chi connectivity index (χ0n) is 11.8. The predicted molar refractivity (Wildman–Crippen MR) is 75.8 cm³/mol. The lowest BCUT2D eigenvalue weighted by Crippen LogP contribution is -2.43. The number of ether oxygens (including phenoxy) is 1. The highest BCUT2D eigenvalue weighted by atomic mass is 32.3. The molecule has 0 radical (unpaired) electrons. The number of aryl methyl sites for hydroxylation is 1. The van der Waals surface area contributed by atoms with Crippen LogP contribution in [-0.2, 0) is 25.0 Å². The summed E-state index contributed by atoms with van der Waals surface area (Å²) in [7, 11) is -8.66. The third-order valence-corrected chi connectivity index (χ3v) is 5.63. The molecule has 0 aliphatic carbocycles. The van der Waals surface area contributed by atoms with E-state index in [-0.39, 0.29) is 12.4 Å². The van der Waals surface area contributed by atoms with Crippen molar-refractivity contribution in [3.05, 3.63) is 23.8 Å². The van der Waals surface area contributed by atoms with Crippen LogP contribution in [0.3, 0.4) is 0 Å². The van der Waals surface area contributed by atoms with Gasteiger partial charge in [-0.25, -0.2) is 23.5 Å². The zero-order valence-corrected chi connectivity index (χ0v) is 13.5. The molecule has 0 unspecified atom stereocenters. The maximum absolute atomic E-state index is 12.0. The van der Waals surface area contributed by atoms with Gasteiger partial charge in [-0.15, -0.1) is 0 Å². The fourth-order valence-electron chi connectivity index (χ4n) is 1.55. The van der Waals surface area contributed by atoms with Gasteiger partial charge in [-0.1, -0.05) is 4.13 Å². The first-order valence-electron chi connectivity index (χ1n) is 6.02. The van der Waals surface area contributed by atoms with Crippen LogP contribution in [-0.4, -0.2) is 38.7 Å². The van der Waals surface area contributed by atoms with Crippen molar-refractivity contribution >= 4 is 20.2 Å². The maximum Gasteiger partial charge on any atom is 0.287 e. The predicted octanol–water partition coefficient (Wildman–Crippen LogP) is -0.626. The molecule has 0 saturated heterocycles. The van der Waals surface area contributed by atoms with Crippen LogP contribution in [0.5, 0.6) is 0 Å². The van der Waals surface area contributed by atoms with Gasteiger partial charge in [0, 0.05) is 19.0 Å². The number of nitrogens with one attached hydrogen (secondary N) is 1. The van der Waals surface area contributed by atoms with Gasteiger partial charge in [0.15, 0.2) is 5.82 Å². The summed E-state index contributed by atoms with van der Waals surface area (Å²) in [5.41, 5.74) is 0.798. The van der Waals surface area contributed by atoms with Crippen molar-refractivity contribution in [3.8, 4) is 0 Å². The van der Waals surface area contributed by atoms with Gasteiger partial charge in [0.1, 0.15) is 11.4 Å². The van der Waals surface area contributed by atoms with Crippen LogP contribution in [0.1, 0.15) is 31.3 Å². The van der Waals surface area contributed by atoms with E-state index in [4.69, 9.17) is 9.88 Å². The van der Waals surface area contributed by atoms with E-state index in [1.54, 1.807) is 13.8 Å². The Bertz CT molecular complexity index is 672. The lowest BCUT2D eigenvalue weighted by atomic mass is 10.2. The van der Waals surface area contributed by atoms with Crippen LogP contribution in [0.25, 0.3) is 0 Å². The molecular formula is C10H18N4O5S2. The Hall–Kier alpha value is -1.14. The van der Waals surface area contributed by atoms with Crippen LogP contribution in [0, 0.1) is 6.92 Å². The number of hydrogen-bond acceptors (Lipinski definition) is 7. The summed E-state index contributed by atoms with van der Waals surface area (Å²) in [6.07, 6.45) is 2.01. The van der Waals surface area contributed by atoms with Crippen molar-refractivity contribution in [1.29, 1.82) is 0 Å². The summed E-state index contributed by atoms with van der Waals surface area (Å²) in [6, 6.07) is 0. The molecule has 1 aromatic rings. The minimum absolute atomic E-state index is 0.148. The Morgan fingerprint density at radius 1 is 1.29 bits per heavy atom. The Labute approximate surface area is 124 Å². The van der Waals surface area contributed by atoms with E-state index in [1.165, 1.54) is 23.4 Å². The summed E-state index contributed by atoms with van der Waals surface area (Å²) in [4.78, 5) is 8.04. The fourth-order valence-corrected chi connectivity index (χ4v) is 3.98. The Morgan fingerprint density at radius 2 is 1.81 bits per heavy atom. The lowest BCUT2D eigenvalue weighted by Gasteiger charge is -2.22. The molecule has 11 heteroatoms. The second-order valence-electron chi connectivity index (χ2n) is 4.37. The molecule has 0 aromatic carbocycles. The number of rotatable bonds is 7. The van der Waals surface area contributed by atoms with Crippen molar-refractivity contribution in [3.63, 3.8) is 0 Å². The molecule has 9 nitrogen and oxygen atoms in total. The molecule has 0 aliphatic rings. The number of hydrogen-bond donors (Lipinski definition) is 2. The quantitative estimate of drug-likeness (QED) is 0.674. The Balaban J connectivity index is 3.13. The van der Waals surface area contributed by atoms with Gasteiger partial charge in [0.25, 0.3) is 10.2 Å². The van der Waals surface area contributed by atoms with Gasteiger partial charge in [0.05, 0.1) is 0 Å². The van der Waals surface area contributed by atoms with Crippen molar-refractivity contribution in [2.75, 3.05) is 6.61 Å². The fraction of sp³-hybridized carbons (Fsp3) is 0.600. The molecule has 2 atom stereocenters. The molecule has 0 aliphatic heterocycles. The highest BCUT2D eigenvalue weighted by Crippen LogP contribution is 2.23. The molecule has 1 aromatic heterocycles. The Kier molecular flexibility index (Phi) is 5.75. The van der Waals surface area contributed by atoms with Crippen LogP contribution < -0.4 is 9.27 Å². The molecule has 120 valence electrons. The zero-order chi connectivity index (χ0) is 16.3. The van der Waals surface area contributed by atoms with Crippen LogP contribution in [0.15, 0.2) is 12.4 Å². The summed E-state index contributed by atoms with van der Waals surface area (Å²) in [6.45, 7) is 4.95. The van der Waals surface area contributed by atoms with E-state index >= 15 is 0 Å². The van der Waals surface area contributed by atoms with E-state index in [9.17, 15) is 16.8 Å². The summed E-state index contributed by atoms with van der Waals surface area (Å²) in [5, 5.41) is 3.45. The van der Waals surface area contributed by atoms with E-state index in [1.807, 2.05) is 0 Å². The smallest absolute Gasteiger partial charge is 0.287 e. The first kappa shape index (κ1) is 17.9. The number of nitrogens with zero attached hydrogens (tertiary/aromatic N) is 2. The van der Waals surface area contributed by atoms with E-state index in [0.717, 1.165) is 5.56 Å². The second-order valence-corrected chi connectivity index (χ2v) is 7.96. The largest absolute Gasteiger partial charge is 0.369 e. The Morgan fingerprint density at radius 3 is 2.24 bits per heavy atom. The van der Waals surface area contributed by atoms with Gasteiger partial charge in [-0.2, -0.15) is 8.42 Å². The maximum atomic E-state index is 12.0. The summed E-state index contributed by atoms with van der Waals surface area (Å²) < 4.78 is 52.6. The standard InChI is InChI=1S/C10H18N4O5S2/c1-4-19-9(10-12-5-7(2)6-13-10)8(3)20(15,16)14-21(11,17)18/h5-6,8-9,14H,4H2,1-3H3,(H2,11,17,18)/t8-,9-/m0/s1. The first-order chi connectivity index (χ1) is 9.57. The minimum atomic E-state index is -4.40. The number of sulfonamides is 1. The second kappa shape index (κ2) is 6.75. The third kappa shape index (κ3) is 5.28. The molecular weight excluding hydrogens is 320 g/mol. The number of aromatic nitrogens is 2. The SMILES string of the molecule is CCO[C@H](c1ncc(C)cn1)[C@H](C)S(=O)(=O)NS(N)(=O)=O. The highest BCUT2D eigenvalue weighted by molar-refractivity contribution is 8.04. The average Bonchev–Trinajstić information content (AvgIpc) is 2.33. The first-order valence-corrected chi connectivity index (χ1v) is 9.11. The van der Waals surface area contributed by atoms with Gasteiger partial charge in [0.2, 0.25) is 10.0 Å². The molecule has 0 saturated carbocycles. The molecule has 21 heavy (non-hydrogen) atoms. The minimum Gasteiger partial charge on any atom is -0.369 e. The normalized spacial score (nSPS) is 15.6. The summed E-state index contributed by atoms with van der Waals surface area (Å²) in [5.74, 6) is 0.148. The van der Waals surface area contributed by atoms with Crippen LogP contribution in [0.2, 0.25) is 0 Å². The highest BCUT2D eigenvalue weighted by Gasteiger charge is 2.35. The van der Waals surface area contributed by atoms with Crippen LogP contribution >= 0.6 is 0 Å². The average molecular weight is 338 g/mol. The van der Waals surface area contributed by atoms with Crippen molar-refractivity contribution in [1.82, 2.24) is 14.1 Å².